The van der Waals surface area contributed by atoms with E-state index in [0.717, 1.165) is 22.4 Å². The Morgan fingerprint density at radius 1 is 0.689 bits per heavy atom. The molecule has 45 heavy (non-hydrogen) atoms. The quantitative estimate of drug-likeness (QED) is 0.129. The maximum absolute atomic E-state index is 13.6. The van der Waals surface area contributed by atoms with Crippen molar-refractivity contribution in [2.45, 2.75) is 56.6 Å². The van der Waals surface area contributed by atoms with Gasteiger partial charge in [-0.15, -0.1) is 11.8 Å². The van der Waals surface area contributed by atoms with Gasteiger partial charge >= 0.3 is 5.97 Å². The van der Waals surface area contributed by atoms with E-state index in [1.54, 1.807) is 43.1 Å². The van der Waals surface area contributed by atoms with Gasteiger partial charge in [-0.25, -0.2) is 4.79 Å². The van der Waals surface area contributed by atoms with Gasteiger partial charge in [0.05, 0.1) is 39.1 Å². The molecule has 1 aliphatic heterocycles. The molecule has 0 saturated carbocycles. The molecule has 1 fully saturated rings. The lowest BCUT2D eigenvalue weighted by Gasteiger charge is -2.45. The second-order valence-electron chi connectivity index (χ2n) is 10.6. The van der Waals surface area contributed by atoms with Crippen LogP contribution in [0.4, 0.5) is 0 Å². The number of benzene rings is 4. The minimum Gasteiger partial charge on any atom is -0.497 e. The molecule has 1 heterocycles. The molecule has 0 aliphatic carbocycles. The number of esters is 1. The average molecular weight is 629 g/mol. The van der Waals surface area contributed by atoms with E-state index < -0.39 is 30.4 Å². The van der Waals surface area contributed by atoms with Crippen LogP contribution in [0.2, 0.25) is 0 Å². The number of carbonyl (C=O) groups excluding carboxylic acids is 1. The number of methoxy groups -OCH3 is 1. The fourth-order valence-corrected chi connectivity index (χ4v) is 6.11. The zero-order valence-corrected chi connectivity index (χ0v) is 26.5. The standard InChI is InChI=1S/C37H40O7S/c1-3-45-37-35(42-25-29-17-11-6-12-18-29)34(41-24-28-15-9-5-10-16-28)33(44-36(38)30-19-21-31(39-2)22-20-30)32(43-37)26-40-23-27-13-7-4-8-14-27/h4-22,32-35,37H,3,23-26H2,1-2H3/t32-,33-,34+,35+,37-/m1/s1. The van der Waals surface area contributed by atoms with Crippen LogP contribution >= 0.6 is 11.8 Å². The first-order valence-corrected chi connectivity index (χ1v) is 16.2. The summed E-state index contributed by atoms with van der Waals surface area (Å²) in [5.41, 5.74) is 3.09. The summed E-state index contributed by atoms with van der Waals surface area (Å²) in [7, 11) is 1.59. The maximum Gasteiger partial charge on any atom is 0.338 e. The Labute approximate surface area is 269 Å². The molecule has 0 amide bonds. The lowest BCUT2D eigenvalue weighted by molar-refractivity contribution is -0.240. The molecular formula is C37H40O7S. The summed E-state index contributed by atoms with van der Waals surface area (Å²) >= 11 is 1.64. The average Bonchev–Trinajstić information content (AvgIpc) is 3.09. The van der Waals surface area contributed by atoms with E-state index in [1.807, 2.05) is 91.0 Å². The molecule has 4 aromatic carbocycles. The molecule has 5 rings (SSSR count). The van der Waals surface area contributed by atoms with Crippen molar-refractivity contribution >= 4 is 17.7 Å². The molecule has 8 heteroatoms. The van der Waals surface area contributed by atoms with Crippen LogP contribution in [0, 0.1) is 0 Å². The van der Waals surface area contributed by atoms with Gasteiger partial charge < -0.3 is 28.4 Å². The fraction of sp³-hybridized carbons (Fsp3) is 0.324. The first kappa shape index (κ1) is 32.7. The molecule has 1 aliphatic rings. The molecular weight excluding hydrogens is 588 g/mol. The van der Waals surface area contributed by atoms with Crippen LogP contribution in [0.15, 0.2) is 115 Å². The molecule has 0 N–H and O–H groups in total. The lowest BCUT2D eigenvalue weighted by atomic mass is 9.98. The van der Waals surface area contributed by atoms with Gasteiger partial charge in [0.25, 0.3) is 0 Å². The van der Waals surface area contributed by atoms with Crippen LogP contribution in [0.5, 0.6) is 5.75 Å². The Kier molecular flexibility index (Phi) is 12.5. The van der Waals surface area contributed by atoms with Crippen molar-refractivity contribution in [3.8, 4) is 5.75 Å². The molecule has 236 valence electrons. The molecule has 0 radical (unpaired) electrons. The lowest BCUT2D eigenvalue weighted by Crippen LogP contribution is -2.60. The smallest absolute Gasteiger partial charge is 0.338 e. The van der Waals surface area contributed by atoms with Crippen LogP contribution < -0.4 is 4.74 Å². The predicted octanol–water partition coefficient (Wildman–Crippen LogP) is 7.09. The number of hydrogen-bond donors (Lipinski definition) is 0. The van der Waals surface area contributed by atoms with Gasteiger partial charge in [0, 0.05) is 0 Å². The highest BCUT2D eigenvalue weighted by Gasteiger charge is 2.50. The van der Waals surface area contributed by atoms with Crippen molar-refractivity contribution < 1.29 is 33.2 Å². The maximum atomic E-state index is 13.6. The zero-order chi connectivity index (χ0) is 31.3. The topological polar surface area (TPSA) is 72.5 Å². The van der Waals surface area contributed by atoms with Gasteiger partial charge in [-0.05, 0) is 46.7 Å². The van der Waals surface area contributed by atoms with Gasteiger partial charge in [-0.1, -0.05) is 97.9 Å². The van der Waals surface area contributed by atoms with Crippen molar-refractivity contribution in [2.24, 2.45) is 0 Å². The van der Waals surface area contributed by atoms with Crippen LogP contribution in [0.1, 0.15) is 34.0 Å². The molecule has 0 bridgehead atoms. The van der Waals surface area contributed by atoms with Gasteiger partial charge in [0.15, 0.2) is 6.10 Å². The normalized spacial score (nSPS) is 21.2. The van der Waals surface area contributed by atoms with Gasteiger partial charge in [-0.2, -0.15) is 0 Å². The SMILES string of the molecule is CCS[C@H]1O[C@H](COCc2ccccc2)[C@@H](OC(=O)c2ccc(OC)cc2)[C@H](OCc2ccccc2)[C@@H]1OCc1ccccc1. The van der Waals surface area contributed by atoms with Crippen molar-refractivity contribution in [1.82, 2.24) is 0 Å². The number of ether oxygens (including phenoxy) is 6. The van der Waals surface area contributed by atoms with Crippen LogP contribution in [-0.2, 0) is 43.5 Å². The highest BCUT2D eigenvalue weighted by atomic mass is 32.2. The van der Waals surface area contributed by atoms with E-state index >= 15 is 0 Å². The summed E-state index contributed by atoms with van der Waals surface area (Å²) in [5, 5.41) is 0. The highest BCUT2D eigenvalue weighted by Crippen LogP contribution is 2.35. The first-order chi connectivity index (χ1) is 22.1. The molecule has 0 unspecified atom stereocenters. The fourth-order valence-electron chi connectivity index (χ4n) is 5.14. The third-order valence-corrected chi connectivity index (χ3v) is 8.50. The van der Waals surface area contributed by atoms with Gasteiger partial charge in [-0.3, -0.25) is 0 Å². The van der Waals surface area contributed by atoms with Crippen LogP contribution in [0.3, 0.4) is 0 Å². The predicted molar refractivity (Wildman–Crippen MR) is 175 cm³/mol. The van der Waals surface area contributed by atoms with E-state index in [2.05, 4.69) is 6.92 Å². The van der Waals surface area contributed by atoms with Crippen molar-refractivity contribution in [1.29, 1.82) is 0 Å². The Morgan fingerprint density at radius 3 is 1.76 bits per heavy atom. The molecule has 0 spiro atoms. The largest absolute Gasteiger partial charge is 0.497 e. The monoisotopic (exact) mass is 628 g/mol. The van der Waals surface area contributed by atoms with E-state index in [1.165, 1.54) is 0 Å². The molecule has 1 saturated heterocycles. The Balaban J connectivity index is 1.44. The minimum atomic E-state index is -0.812. The summed E-state index contributed by atoms with van der Waals surface area (Å²) < 4.78 is 37.6. The number of rotatable bonds is 15. The Bertz CT molecular complexity index is 1420. The molecule has 5 atom stereocenters. The number of carbonyl (C=O) groups is 1. The van der Waals surface area contributed by atoms with Crippen LogP contribution in [-0.4, -0.2) is 55.3 Å². The summed E-state index contributed by atoms with van der Waals surface area (Å²) in [6, 6.07) is 36.7. The zero-order valence-electron chi connectivity index (χ0n) is 25.7. The third kappa shape index (κ3) is 9.42. The van der Waals surface area contributed by atoms with Crippen molar-refractivity contribution in [3.63, 3.8) is 0 Å². The highest BCUT2D eigenvalue weighted by molar-refractivity contribution is 7.99. The van der Waals surface area contributed by atoms with Crippen LogP contribution in [0.25, 0.3) is 0 Å². The summed E-state index contributed by atoms with van der Waals surface area (Å²) in [6.07, 6.45) is -2.58. The van der Waals surface area contributed by atoms with Gasteiger partial charge in [0.2, 0.25) is 0 Å². The second-order valence-corrected chi connectivity index (χ2v) is 12.0. The van der Waals surface area contributed by atoms with E-state index in [-0.39, 0.29) is 12.0 Å². The number of hydrogen-bond acceptors (Lipinski definition) is 8. The molecule has 0 aromatic heterocycles. The first-order valence-electron chi connectivity index (χ1n) is 15.2. The molecule has 7 nitrogen and oxygen atoms in total. The van der Waals surface area contributed by atoms with Gasteiger partial charge in [0.1, 0.15) is 29.5 Å². The van der Waals surface area contributed by atoms with E-state index in [0.29, 0.717) is 31.1 Å². The van der Waals surface area contributed by atoms with Crippen molar-refractivity contribution in [2.75, 3.05) is 19.5 Å². The van der Waals surface area contributed by atoms with Crippen molar-refractivity contribution in [3.05, 3.63) is 138 Å². The summed E-state index contributed by atoms with van der Waals surface area (Å²) in [5.74, 6) is 0.962. The second kappa shape index (κ2) is 17.1. The Morgan fingerprint density at radius 2 is 1.22 bits per heavy atom. The third-order valence-electron chi connectivity index (χ3n) is 7.46. The summed E-state index contributed by atoms with van der Waals surface area (Å²) in [4.78, 5) is 13.6. The molecule has 4 aromatic rings. The summed E-state index contributed by atoms with van der Waals surface area (Å²) in [6.45, 7) is 3.35. The number of thioether (sulfide) groups is 1. The Hall–Kier alpha value is -3.66. The minimum absolute atomic E-state index is 0.201. The van der Waals surface area contributed by atoms with E-state index in [4.69, 9.17) is 28.4 Å². The van der Waals surface area contributed by atoms with E-state index in [9.17, 15) is 4.79 Å².